The maximum Gasteiger partial charge on any atom is 0.326 e. The number of carbonyl (C=O) groups excluding carboxylic acids is 6. The summed E-state index contributed by atoms with van der Waals surface area (Å²) in [6, 6.07) is -1.67. The molecular formula is C37H54N8O12. The molecule has 0 saturated heterocycles. The van der Waals surface area contributed by atoms with Gasteiger partial charge in [0.25, 0.3) is 0 Å². The predicted octanol–water partition coefficient (Wildman–Crippen LogP) is -0.756. The lowest BCUT2D eigenvalue weighted by molar-refractivity contribution is -0.144. The normalized spacial score (nSPS) is 15.3. The van der Waals surface area contributed by atoms with Gasteiger partial charge in [0.1, 0.15) is 30.2 Å². The zero-order chi connectivity index (χ0) is 43.0. The maximum atomic E-state index is 14.0. The summed E-state index contributed by atoms with van der Waals surface area (Å²) in [5.41, 5.74) is 12.3. The van der Waals surface area contributed by atoms with Gasteiger partial charge < -0.3 is 58.4 Å². The number of aromatic amines is 1. The first kappa shape index (κ1) is 47.1. The van der Waals surface area contributed by atoms with Gasteiger partial charge in [-0.3, -0.25) is 38.4 Å². The van der Waals surface area contributed by atoms with Crippen LogP contribution in [0.4, 0.5) is 0 Å². The average molecular weight is 803 g/mol. The molecule has 13 N–H and O–H groups in total. The van der Waals surface area contributed by atoms with Gasteiger partial charge in [-0.05, 0) is 36.3 Å². The highest BCUT2D eigenvalue weighted by molar-refractivity contribution is 5.97. The van der Waals surface area contributed by atoms with Gasteiger partial charge in [-0.1, -0.05) is 58.7 Å². The SMILES string of the molecule is CC[C@H](C)[C@H](NC(=O)[C@H](Cc1c[nH]c2ccccc12)NC(=O)[C@H](CCC(N)=O)NC(=O)[C@H](CCC(=O)O)NC(=O)[C@@H](NC(=O)[C@@H](N)CC(=O)O)[C@@H](C)CC)C(=O)O. The summed E-state index contributed by atoms with van der Waals surface area (Å²) in [6.07, 6.45) is -0.474. The summed E-state index contributed by atoms with van der Waals surface area (Å²) in [5, 5.41) is 41.2. The highest BCUT2D eigenvalue weighted by atomic mass is 16.4. The Labute approximate surface area is 328 Å². The van der Waals surface area contributed by atoms with Crippen molar-refractivity contribution in [2.45, 2.75) is 115 Å². The van der Waals surface area contributed by atoms with Gasteiger partial charge in [-0.2, -0.15) is 0 Å². The largest absolute Gasteiger partial charge is 0.481 e. The number of hydrogen-bond acceptors (Lipinski definition) is 10. The second-order valence-corrected chi connectivity index (χ2v) is 14.0. The van der Waals surface area contributed by atoms with Crippen molar-refractivity contribution in [1.82, 2.24) is 31.6 Å². The lowest BCUT2D eigenvalue weighted by Gasteiger charge is -2.29. The van der Waals surface area contributed by atoms with Gasteiger partial charge in [0, 0.05) is 36.4 Å². The number of H-pyrrole nitrogens is 1. The molecule has 2 rings (SSSR count). The second kappa shape index (κ2) is 22.5. The molecule has 1 aromatic heterocycles. The van der Waals surface area contributed by atoms with Gasteiger partial charge in [0.05, 0.1) is 12.5 Å². The zero-order valence-electron chi connectivity index (χ0n) is 32.3. The lowest BCUT2D eigenvalue weighted by atomic mass is 9.97. The third kappa shape index (κ3) is 14.8. The summed E-state index contributed by atoms with van der Waals surface area (Å²) in [5.74, 6) is -10.7. The van der Waals surface area contributed by atoms with Crippen LogP contribution in [-0.4, -0.2) is 110 Å². The van der Waals surface area contributed by atoms with Crippen LogP contribution < -0.4 is 38.1 Å². The Morgan fingerprint density at radius 3 is 1.72 bits per heavy atom. The molecule has 6 amide bonds. The average Bonchev–Trinajstić information content (AvgIpc) is 3.56. The minimum atomic E-state index is -1.62. The molecule has 20 nitrogen and oxygen atoms in total. The molecule has 0 saturated carbocycles. The van der Waals surface area contributed by atoms with Gasteiger partial charge in [0.15, 0.2) is 0 Å². The zero-order valence-corrected chi connectivity index (χ0v) is 32.3. The summed E-state index contributed by atoms with van der Waals surface area (Å²) in [4.78, 5) is 117. The molecule has 0 radical (unpaired) electrons. The standard InChI is InChI=1S/C37H54N8O12/c1-5-18(3)30(44-32(51)22(38)16-29(49)50)36(55)42-25(12-14-28(47)48)33(52)41-24(11-13-27(39)46)34(53)43-26(35(54)45-31(37(56)57)19(4)6-2)15-20-17-40-23-10-8-7-9-21(20)23/h7-10,17-19,22,24-26,30-31,40H,5-6,11-16,38H2,1-4H3,(H2,39,46)(H,41,52)(H,42,55)(H,43,53)(H,44,51)(H,45,54)(H,47,48)(H,49,50)(H,56,57)/t18-,19-,22-,24-,25-,26-,30-,31-/m0/s1. The second-order valence-electron chi connectivity index (χ2n) is 14.0. The van der Waals surface area contributed by atoms with E-state index in [1.807, 2.05) is 0 Å². The number of para-hydroxylation sites is 1. The Hall–Kier alpha value is -6.05. The van der Waals surface area contributed by atoms with Crippen molar-refractivity contribution in [3.8, 4) is 0 Å². The molecule has 0 aliphatic carbocycles. The van der Waals surface area contributed by atoms with Crippen LogP contribution >= 0.6 is 0 Å². The van der Waals surface area contributed by atoms with Crippen molar-refractivity contribution in [3.05, 3.63) is 36.0 Å². The molecule has 0 aliphatic rings. The van der Waals surface area contributed by atoms with E-state index >= 15 is 0 Å². The summed E-state index contributed by atoms with van der Waals surface area (Å²) >= 11 is 0. The van der Waals surface area contributed by atoms with E-state index in [4.69, 9.17) is 16.6 Å². The first-order valence-corrected chi connectivity index (χ1v) is 18.6. The number of carbonyl (C=O) groups is 9. The molecular weight excluding hydrogens is 748 g/mol. The van der Waals surface area contributed by atoms with Crippen LogP contribution in [0.25, 0.3) is 10.9 Å². The van der Waals surface area contributed by atoms with Crippen molar-refractivity contribution in [1.29, 1.82) is 0 Å². The van der Waals surface area contributed by atoms with Gasteiger partial charge in [-0.25, -0.2) is 4.79 Å². The number of primary amides is 1. The Morgan fingerprint density at radius 2 is 1.18 bits per heavy atom. The van der Waals surface area contributed by atoms with E-state index in [1.165, 1.54) is 0 Å². The van der Waals surface area contributed by atoms with E-state index in [2.05, 4.69) is 31.6 Å². The Kier molecular flexibility index (Phi) is 18.6. The van der Waals surface area contributed by atoms with Crippen molar-refractivity contribution in [2.24, 2.45) is 23.3 Å². The molecule has 0 fully saturated rings. The number of benzene rings is 1. The van der Waals surface area contributed by atoms with Crippen molar-refractivity contribution in [2.75, 3.05) is 0 Å². The molecule has 20 heteroatoms. The Balaban J connectivity index is 2.46. The third-order valence-corrected chi connectivity index (χ3v) is 9.63. The molecule has 0 spiro atoms. The fourth-order valence-electron chi connectivity index (χ4n) is 5.81. The fraction of sp³-hybridized carbons (Fsp3) is 0.541. The summed E-state index contributed by atoms with van der Waals surface area (Å²) in [7, 11) is 0. The van der Waals surface area contributed by atoms with E-state index in [9.17, 15) is 53.4 Å². The molecule has 8 atom stereocenters. The topological polar surface area (TPSA) is 342 Å². The molecule has 57 heavy (non-hydrogen) atoms. The van der Waals surface area contributed by atoms with Crippen LogP contribution in [0.15, 0.2) is 30.5 Å². The van der Waals surface area contributed by atoms with E-state index < -0.39 is 134 Å². The van der Waals surface area contributed by atoms with Gasteiger partial charge in [0.2, 0.25) is 35.4 Å². The monoisotopic (exact) mass is 802 g/mol. The van der Waals surface area contributed by atoms with E-state index in [0.29, 0.717) is 23.8 Å². The highest BCUT2D eigenvalue weighted by Gasteiger charge is 2.35. The molecule has 314 valence electrons. The smallest absolute Gasteiger partial charge is 0.326 e. The quantitative estimate of drug-likeness (QED) is 0.0589. The summed E-state index contributed by atoms with van der Waals surface area (Å²) < 4.78 is 0. The number of hydrogen-bond donors (Lipinski definition) is 11. The van der Waals surface area contributed by atoms with Crippen LogP contribution in [0.2, 0.25) is 0 Å². The maximum absolute atomic E-state index is 14.0. The van der Waals surface area contributed by atoms with Crippen LogP contribution in [0, 0.1) is 11.8 Å². The predicted molar refractivity (Wildman–Crippen MR) is 204 cm³/mol. The van der Waals surface area contributed by atoms with Crippen LogP contribution in [0.1, 0.15) is 78.2 Å². The minimum Gasteiger partial charge on any atom is -0.481 e. The molecule has 0 bridgehead atoms. The first-order valence-electron chi connectivity index (χ1n) is 18.6. The van der Waals surface area contributed by atoms with Crippen molar-refractivity contribution in [3.63, 3.8) is 0 Å². The highest BCUT2D eigenvalue weighted by Crippen LogP contribution is 2.20. The van der Waals surface area contributed by atoms with Crippen LogP contribution in [0.5, 0.6) is 0 Å². The lowest BCUT2D eigenvalue weighted by Crippen LogP contribution is -2.60. The molecule has 0 unspecified atom stereocenters. The number of amides is 6. The number of aliphatic carboxylic acids is 3. The summed E-state index contributed by atoms with van der Waals surface area (Å²) in [6.45, 7) is 6.67. The number of nitrogens with two attached hydrogens (primary N) is 2. The van der Waals surface area contributed by atoms with Crippen LogP contribution in [0.3, 0.4) is 0 Å². The number of fused-ring (bicyclic) bond motifs is 1. The molecule has 1 aromatic carbocycles. The van der Waals surface area contributed by atoms with Crippen LogP contribution in [-0.2, 0) is 49.6 Å². The van der Waals surface area contributed by atoms with Gasteiger partial charge >= 0.3 is 17.9 Å². The number of carboxylic acids is 3. The van der Waals surface area contributed by atoms with Gasteiger partial charge in [-0.15, -0.1) is 0 Å². The van der Waals surface area contributed by atoms with Crippen molar-refractivity contribution >= 4 is 64.3 Å². The number of carboxylic acid groups (broad SMARTS) is 3. The van der Waals surface area contributed by atoms with E-state index in [-0.39, 0.29) is 6.42 Å². The first-order chi connectivity index (χ1) is 26.8. The van der Waals surface area contributed by atoms with E-state index in [0.717, 1.165) is 5.52 Å². The number of nitrogens with one attached hydrogen (secondary N) is 6. The number of rotatable bonds is 25. The molecule has 1 heterocycles. The Morgan fingerprint density at radius 1 is 0.667 bits per heavy atom. The number of aromatic nitrogens is 1. The Bertz CT molecular complexity index is 1780. The molecule has 2 aromatic rings. The molecule has 0 aliphatic heterocycles. The van der Waals surface area contributed by atoms with Crippen molar-refractivity contribution < 1.29 is 58.5 Å². The minimum absolute atomic E-state index is 0.138. The fourth-order valence-corrected chi connectivity index (χ4v) is 5.81. The third-order valence-electron chi connectivity index (χ3n) is 9.63. The van der Waals surface area contributed by atoms with E-state index in [1.54, 1.807) is 58.2 Å².